The lowest BCUT2D eigenvalue weighted by Gasteiger charge is -2.24. The van der Waals surface area contributed by atoms with Crippen molar-refractivity contribution >= 4 is 35.3 Å². The van der Waals surface area contributed by atoms with Crippen LogP contribution in [0.25, 0.3) is 11.3 Å². The summed E-state index contributed by atoms with van der Waals surface area (Å²) in [6.07, 6.45) is 3.47. The highest BCUT2D eigenvalue weighted by Gasteiger charge is 2.36. The minimum atomic E-state index is 0.137. The van der Waals surface area contributed by atoms with Crippen LogP contribution in [0.15, 0.2) is 18.3 Å². The van der Waals surface area contributed by atoms with E-state index in [9.17, 15) is 4.79 Å². The van der Waals surface area contributed by atoms with E-state index in [2.05, 4.69) is 22.4 Å². The molecule has 2 N–H and O–H groups in total. The maximum Gasteiger partial charge on any atom is 0.209 e. The fraction of sp³-hybridized carbons (Fsp3) is 0.375. The van der Waals surface area contributed by atoms with Gasteiger partial charge in [0.25, 0.3) is 0 Å². The molecule has 2 heterocycles. The maximum atomic E-state index is 11.1. The van der Waals surface area contributed by atoms with Crippen molar-refractivity contribution in [3.63, 3.8) is 0 Å². The molecule has 1 aromatic heterocycles. The molecular formula is C16H18Cl2N4O. The Labute approximate surface area is 145 Å². The van der Waals surface area contributed by atoms with Crippen LogP contribution in [0.4, 0.5) is 5.69 Å². The number of aromatic amines is 1. The van der Waals surface area contributed by atoms with E-state index in [1.165, 1.54) is 0 Å². The van der Waals surface area contributed by atoms with Crippen molar-refractivity contribution in [2.45, 2.75) is 25.3 Å². The summed E-state index contributed by atoms with van der Waals surface area (Å²) in [5.74, 6) is 0.137. The van der Waals surface area contributed by atoms with Crippen LogP contribution in [0.1, 0.15) is 24.8 Å². The Kier molecular flexibility index (Phi) is 4.50. The van der Waals surface area contributed by atoms with Gasteiger partial charge in [0.15, 0.2) is 0 Å². The van der Waals surface area contributed by atoms with E-state index in [1.807, 2.05) is 12.1 Å². The van der Waals surface area contributed by atoms with Crippen molar-refractivity contribution in [1.82, 2.24) is 15.1 Å². The van der Waals surface area contributed by atoms with Gasteiger partial charge in [-0.25, -0.2) is 0 Å². The van der Waals surface area contributed by atoms with Gasteiger partial charge in [0.1, 0.15) is 0 Å². The topological polar surface area (TPSA) is 61.0 Å². The Bertz CT molecular complexity index is 717. The molecule has 122 valence electrons. The minimum Gasteiger partial charge on any atom is -0.380 e. The van der Waals surface area contributed by atoms with Crippen molar-refractivity contribution < 1.29 is 4.79 Å². The van der Waals surface area contributed by atoms with Crippen LogP contribution in [-0.2, 0) is 4.79 Å². The minimum absolute atomic E-state index is 0.137. The molecule has 2 unspecified atom stereocenters. The lowest BCUT2D eigenvalue weighted by atomic mass is 9.88. The number of carbonyl (C=O) groups excluding carboxylic acids is 1. The van der Waals surface area contributed by atoms with Gasteiger partial charge in [-0.1, -0.05) is 30.1 Å². The number of carbonyl (C=O) groups is 1. The zero-order valence-corrected chi connectivity index (χ0v) is 14.4. The van der Waals surface area contributed by atoms with Crippen LogP contribution in [-0.4, -0.2) is 41.1 Å². The first-order valence-electron chi connectivity index (χ1n) is 7.50. The number of nitrogens with zero attached hydrogens (tertiary/aromatic N) is 2. The SMILES string of the molecule is CCC1Nc2c(Cl)c(Cl)cc(-c3ccn[nH]3)c2C1CN(C)C=O. The number of anilines is 1. The molecule has 5 nitrogen and oxygen atoms in total. The summed E-state index contributed by atoms with van der Waals surface area (Å²) in [4.78, 5) is 12.7. The molecule has 2 atom stereocenters. The average molecular weight is 353 g/mol. The number of halogens is 2. The van der Waals surface area contributed by atoms with Gasteiger partial charge in [0, 0.05) is 37.3 Å². The molecule has 0 spiro atoms. The zero-order valence-electron chi connectivity index (χ0n) is 12.9. The number of rotatable bonds is 5. The number of fused-ring (bicyclic) bond motifs is 1. The van der Waals surface area contributed by atoms with Crippen LogP contribution < -0.4 is 5.32 Å². The number of nitrogens with one attached hydrogen (secondary N) is 2. The second kappa shape index (κ2) is 6.42. The van der Waals surface area contributed by atoms with Gasteiger partial charge in [-0.05, 0) is 24.1 Å². The molecule has 3 rings (SSSR count). The third-order valence-electron chi connectivity index (χ3n) is 4.34. The molecule has 7 heteroatoms. The van der Waals surface area contributed by atoms with Crippen molar-refractivity contribution in [2.75, 3.05) is 18.9 Å². The van der Waals surface area contributed by atoms with Gasteiger partial charge in [-0.2, -0.15) is 5.10 Å². The van der Waals surface area contributed by atoms with E-state index in [-0.39, 0.29) is 12.0 Å². The summed E-state index contributed by atoms with van der Waals surface area (Å²) >= 11 is 12.7. The largest absolute Gasteiger partial charge is 0.380 e. The highest BCUT2D eigenvalue weighted by Crippen LogP contribution is 2.49. The van der Waals surface area contributed by atoms with Gasteiger partial charge in [0.2, 0.25) is 6.41 Å². The standard InChI is InChI=1S/C16H18Cl2N4O/c1-3-12-10(7-22(2)8-23)14-9(13-4-5-19-21-13)6-11(17)15(18)16(14)20-12/h4-6,8,10,12,20H,3,7H2,1-2H3,(H,19,21). The highest BCUT2D eigenvalue weighted by atomic mass is 35.5. The maximum absolute atomic E-state index is 11.1. The van der Waals surface area contributed by atoms with E-state index in [0.717, 1.165) is 35.3 Å². The summed E-state index contributed by atoms with van der Waals surface area (Å²) < 4.78 is 0. The Hall–Kier alpha value is -1.72. The predicted octanol–water partition coefficient (Wildman–Crippen LogP) is 3.76. The fourth-order valence-corrected chi connectivity index (χ4v) is 3.66. The van der Waals surface area contributed by atoms with Crippen LogP contribution in [0.2, 0.25) is 10.0 Å². The van der Waals surface area contributed by atoms with E-state index >= 15 is 0 Å². The Morgan fingerprint density at radius 2 is 2.22 bits per heavy atom. The molecule has 0 bridgehead atoms. The molecule has 1 aliphatic heterocycles. The summed E-state index contributed by atoms with van der Waals surface area (Å²) in [6.45, 7) is 2.73. The number of benzene rings is 1. The monoisotopic (exact) mass is 352 g/mol. The number of aromatic nitrogens is 2. The van der Waals surface area contributed by atoms with E-state index in [1.54, 1.807) is 18.1 Å². The Morgan fingerprint density at radius 3 is 2.83 bits per heavy atom. The van der Waals surface area contributed by atoms with Crippen LogP contribution in [0.5, 0.6) is 0 Å². The molecule has 0 saturated heterocycles. The van der Waals surface area contributed by atoms with E-state index < -0.39 is 0 Å². The van der Waals surface area contributed by atoms with Gasteiger partial charge in [0.05, 0.1) is 21.4 Å². The van der Waals surface area contributed by atoms with Crippen molar-refractivity contribution in [2.24, 2.45) is 0 Å². The fourth-order valence-electron chi connectivity index (χ4n) is 3.24. The first kappa shape index (κ1) is 16.1. The molecule has 0 radical (unpaired) electrons. The summed E-state index contributed by atoms with van der Waals surface area (Å²) in [7, 11) is 1.78. The van der Waals surface area contributed by atoms with Crippen LogP contribution in [0.3, 0.4) is 0 Å². The van der Waals surface area contributed by atoms with Crippen LogP contribution >= 0.6 is 23.2 Å². The quantitative estimate of drug-likeness (QED) is 0.805. The van der Waals surface area contributed by atoms with E-state index in [4.69, 9.17) is 23.2 Å². The van der Waals surface area contributed by atoms with Crippen LogP contribution in [0, 0.1) is 0 Å². The Morgan fingerprint density at radius 1 is 1.43 bits per heavy atom. The Balaban J connectivity index is 2.17. The second-order valence-electron chi connectivity index (χ2n) is 5.79. The molecule has 0 aliphatic carbocycles. The second-order valence-corrected chi connectivity index (χ2v) is 6.57. The molecule has 1 aliphatic rings. The third-order valence-corrected chi connectivity index (χ3v) is 5.13. The lowest BCUT2D eigenvalue weighted by Crippen LogP contribution is -2.30. The molecule has 0 saturated carbocycles. The first-order chi connectivity index (χ1) is 11.1. The molecule has 1 amide bonds. The number of likely N-dealkylation sites (N-methyl/N-ethyl adjacent to an activating group) is 1. The van der Waals surface area contributed by atoms with Gasteiger partial charge in [-0.3, -0.25) is 9.89 Å². The third kappa shape index (κ3) is 2.79. The van der Waals surface area contributed by atoms with Crippen molar-refractivity contribution in [3.05, 3.63) is 33.9 Å². The van der Waals surface area contributed by atoms with Crippen molar-refractivity contribution in [3.8, 4) is 11.3 Å². The number of H-pyrrole nitrogens is 1. The first-order valence-corrected chi connectivity index (χ1v) is 8.26. The number of amides is 1. The molecule has 2 aromatic rings. The van der Waals surface area contributed by atoms with Gasteiger partial charge >= 0.3 is 0 Å². The van der Waals surface area contributed by atoms with Gasteiger partial charge < -0.3 is 10.2 Å². The average Bonchev–Trinajstić information content (AvgIpc) is 3.19. The molecule has 1 aromatic carbocycles. The molecular weight excluding hydrogens is 335 g/mol. The van der Waals surface area contributed by atoms with Crippen molar-refractivity contribution in [1.29, 1.82) is 0 Å². The summed E-state index contributed by atoms with van der Waals surface area (Å²) in [5.41, 5.74) is 3.81. The zero-order chi connectivity index (χ0) is 16.6. The lowest BCUT2D eigenvalue weighted by molar-refractivity contribution is -0.117. The number of hydrogen-bond acceptors (Lipinski definition) is 3. The summed E-state index contributed by atoms with van der Waals surface area (Å²) in [5, 5.41) is 11.5. The summed E-state index contributed by atoms with van der Waals surface area (Å²) in [6, 6.07) is 3.97. The predicted molar refractivity (Wildman–Crippen MR) is 93.2 cm³/mol. The molecule has 23 heavy (non-hydrogen) atoms. The van der Waals surface area contributed by atoms with E-state index in [0.29, 0.717) is 16.6 Å². The number of hydrogen-bond donors (Lipinski definition) is 2. The smallest absolute Gasteiger partial charge is 0.209 e. The normalized spacial score (nSPS) is 19.3. The molecule has 0 fully saturated rings. The van der Waals surface area contributed by atoms with Gasteiger partial charge in [-0.15, -0.1) is 0 Å². The highest BCUT2D eigenvalue weighted by molar-refractivity contribution is 6.44.